The predicted octanol–water partition coefficient (Wildman–Crippen LogP) is 1.55. The maximum Gasteiger partial charge on any atom is 0.222 e. The lowest BCUT2D eigenvalue weighted by molar-refractivity contribution is 0.161. The van der Waals surface area contributed by atoms with Crippen LogP contribution >= 0.6 is 0 Å². The number of rotatable bonds is 5. The first-order valence-electron chi connectivity index (χ1n) is 8.35. The topological polar surface area (TPSA) is 84.9 Å². The molecule has 4 rings (SSSR count). The van der Waals surface area contributed by atoms with E-state index in [1.807, 2.05) is 32.4 Å². The van der Waals surface area contributed by atoms with E-state index in [0.717, 1.165) is 43.2 Å². The highest BCUT2D eigenvalue weighted by atomic mass is 16.5. The number of aryl methyl sites for hydroxylation is 2. The standard InChI is InChI=1S/C17H21N7O/c1-12-6-13(22-25-12)9-24-10-15-16(23(2)11-21-15)7-14(24)8-20-17-18-4-3-5-19-17/h3-6,11,14H,7-10H2,1-2H3,(H,18,19,20)/t14-/m1/s1. The summed E-state index contributed by atoms with van der Waals surface area (Å²) in [5.41, 5.74) is 3.36. The van der Waals surface area contributed by atoms with E-state index in [0.29, 0.717) is 12.0 Å². The van der Waals surface area contributed by atoms with Crippen LogP contribution in [-0.2, 0) is 26.6 Å². The quantitative estimate of drug-likeness (QED) is 0.755. The largest absolute Gasteiger partial charge is 0.361 e. The number of fused-ring (bicyclic) bond motifs is 1. The molecule has 1 N–H and O–H groups in total. The highest BCUT2D eigenvalue weighted by molar-refractivity contribution is 5.25. The second kappa shape index (κ2) is 6.64. The SMILES string of the molecule is Cc1cc(CN2Cc3ncn(C)c3C[C@@H]2CNc2ncccn2)no1. The average Bonchev–Trinajstić information content (AvgIpc) is 3.19. The Bertz CT molecular complexity index is 842. The van der Waals surface area contributed by atoms with Crippen LogP contribution in [0.4, 0.5) is 5.95 Å². The van der Waals surface area contributed by atoms with Gasteiger partial charge in [-0.25, -0.2) is 15.0 Å². The third-order valence-electron chi connectivity index (χ3n) is 4.55. The molecule has 0 saturated carbocycles. The van der Waals surface area contributed by atoms with Gasteiger partial charge in [0.05, 0.1) is 17.7 Å². The van der Waals surface area contributed by atoms with Crippen molar-refractivity contribution in [3.8, 4) is 0 Å². The normalized spacial score (nSPS) is 17.4. The summed E-state index contributed by atoms with van der Waals surface area (Å²) in [7, 11) is 2.05. The first-order valence-corrected chi connectivity index (χ1v) is 8.35. The van der Waals surface area contributed by atoms with Crippen LogP contribution < -0.4 is 5.32 Å². The van der Waals surface area contributed by atoms with Crippen molar-refractivity contribution >= 4 is 5.95 Å². The molecule has 0 unspecified atom stereocenters. The Labute approximate surface area is 145 Å². The molecule has 0 aromatic carbocycles. The summed E-state index contributed by atoms with van der Waals surface area (Å²) in [4.78, 5) is 15.4. The Hall–Kier alpha value is -2.74. The van der Waals surface area contributed by atoms with Crippen molar-refractivity contribution in [2.45, 2.75) is 32.5 Å². The van der Waals surface area contributed by atoms with E-state index in [1.165, 1.54) is 5.69 Å². The fraction of sp³-hybridized carbons (Fsp3) is 0.412. The van der Waals surface area contributed by atoms with Crippen LogP contribution in [-0.4, -0.2) is 42.2 Å². The van der Waals surface area contributed by atoms with E-state index in [9.17, 15) is 0 Å². The molecule has 3 aromatic heterocycles. The van der Waals surface area contributed by atoms with Crippen LogP contribution in [0.3, 0.4) is 0 Å². The Morgan fingerprint density at radius 3 is 2.88 bits per heavy atom. The molecule has 0 aliphatic carbocycles. The molecular weight excluding hydrogens is 318 g/mol. The van der Waals surface area contributed by atoms with Gasteiger partial charge in [-0.3, -0.25) is 4.90 Å². The second-order valence-corrected chi connectivity index (χ2v) is 6.39. The van der Waals surface area contributed by atoms with Gasteiger partial charge in [0.2, 0.25) is 5.95 Å². The van der Waals surface area contributed by atoms with Crippen LogP contribution in [0.15, 0.2) is 35.4 Å². The maximum absolute atomic E-state index is 5.21. The van der Waals surface area contributed by atoms with Crippen molar-refractivity contribution in [1.82, 2.24) is 29.6 Å². The summed E-state index contributed by atoms with van der Waals surface area (Å²) in [6.45, 7) is 4.19. The number of nitrogens with one attached hydrogen (secondary N) is 1. The van der Waals surface area contributed by atoms with Crippen molar-refractivity contribution in [3.05, 3.63) is 53.7 Å². The van der Waals surface area contributed by atoms with Crippen LogP contribution in [0.5, 0.6) is 0 Å². The number of aromatic nitrogens is 5. The zero-order valence-electron chi connectivity index (χ0n) is 14.4. The number of hydrogen-bond donors (Lipinski definition) is 1. The molecule has 0 radical (unpaired) electrons. The van der Waals surface area contributed by atoms with Crippen LogP contribution in [0.2, 0.25) is 0 Å². The molecule has 0 fully saturated rings. The fourth-order valence-corrected chi connectivity index (χ4v) is 3.26. The first kappa shape index (κ1) is 15.8. The van der Waals surface area contributed by atoms with Crippen LogP contribution in [0.1, 0.15) is 22.8 Å². The molecule has 4 heterocycles. The number of imidazole rings is 1. The number of hydrogen-bond acceptors (Lipinski definition) is 7. The molecule has 1 aliphatic heterocycles. The molecule has 0 saturated heterocycles. The minimum Gasteiger partial charge on any atom is -0.361 e. The highest BCUT2D eigenvalue weighted by Gasteiger charge is 2.29. The molecule has 1 aliphatic rings. The monoisotopic (exact) mass is 339 g/mol. The van der Waals surface area contributed by atoms with Crippen molar-refractivity contribution in [1.29, 1.82) is 0 Å². The molecule has 8 heteroatoms. The number of nitrogens with zero attached hydrogens (tertiary/aromatic N) is 6. The Morgan fingerprint density at radius 2 is 2.12 bits per heavy atom. The van der Waals surface area contributed by atoms with E-state index in [2.05, 4.69) is 34.9 Å². The molecule has 130 valence electrons. The second-order valence-electron chi connectivity index (χ2n) is 6.39. The summed E-state index contributed by atoms with van der Waals surface area (Å²) in [6.07, 6.45) is 6.29. The molecule has 0 spiro atoms. The smallest absolute Gasteiger partial charge is 0.222 e. The molecule has 1 atom stereocenters. The van der Waals surface area contributed by atoms with Gasteiger partial charge in [-0.1, -0.05) is 5.16 Å². The van der Waals surface area contributed by atoms with Gasteiger partial charge in [-0.05, 0) is 13.0 Å². The number of anilines is 1. The molecular formula is C17H21N7O. The van der Waals surface area contributed by atoms with Gasteiger partial charge in [0.25, 0.3) is 0 Å². The zero-order chi connectivity index (χ0) is 17.2. The minimum atomic E-state index is 0.295. The molecule has 3 aromatic rings. The lowest BCUT2D eigenvalue weighted by Gasteiger charge is -2.35. The lowest BCUT2D eigenvalue weighted by Crippen LogP contribution is -2.44. The van der Waals surface area contributed by atoms with Gasteiger partial charge < -0.3 is 14.4 Å². The summed E-state index contributed by atoms with van der Waals surface area (Å²) >= 11 is 0. The fourth-order valence-electron chi connectivity index (χ4n) is 3.26. The van der Waals surface area contributed by atoms with Crippen LogP contribution in [0, 0.1) is 6.92 Å². The maximum atomic E-state index is 5.21. The average molecular weight is 339 g/mol. The van der Waals surface area contributed by atoms with Crippen molar-refractivity contribution in [2.75, 3.05) is 11.9 Å². The summed E-state index contributed by atoms with van der Waals surface area (Å²) in [6, 6.07) is 4.09. The van der Waals surface area contributed by atoms with E-state index >= 15 is 0 Å². The van der Waals surface area contributed by atoms with Crippen LogP contribution in [0.25, 0.3) is 0 Å². The third-order valence-corrected chi connectivity index (χ3v) is 4.55. The van der Waals surface area contributed by atoms with Gasteiger partial charge in [0, 0.05) is 63.3 Å². The third kappa shape index (κ3) is 3.39. The van der Waals surface area contributed by atoms with E-state index in [1.54, 1.807) is 12.4 Å². The molecule has 25 heavy (non-hydrogen) atoms. The molecule has 0 bridgehead atoms. The van der Waals surface area contributed by atoms with Gasteiger partial charge in [-0.15, -0.1) is 0 Å². The highest BCUT2D eigenvalue weighted by Crippen LogP contribution is 2.24. The van der Waals surface area contributed by atoms with Gasteiger partial charge in [0.15, 0.2) is 0 Å². The van der Waals surface area contributed by atoms with E-state index < -0.39 is 0 Å². The van der Waals surface area contributed by atoms with Crippen molar-refractivity contribution in [2.24, 2.45) is 7.05 Å². The van der Waals surface area contributed by atoms with Crippen molar-refractivity contribution in [3.63, 3.8) is 0 Å². The van der Waals surface area contributed by atoms with E-state index in [4.69, 9.17) is 4.52 Å². The van der Waals surface area contributed by atoms with Gasteiger partial charge >= 0.3 is 0 Å². The minimum absolute atomic E-state index is 0.295. The zero-order valence-corrected chi connectivity index (χ0v) is 14.4. The molecule has 0 amide bonds. The first-order chi connectivity index (χ1) is 12.2. The van der Waals surface area contributed by atoms with Gasteiger partial charge in [0.1, 0.15) is 5.76 Å². The van der Waals surface area contributed by atoms with Gasteiger partial charge in [-0.2, -0.15) is 0 Å². The Balaban J connectivity index is 1.52. The van der Waals surface area contributed by atoms with Crippen molar-refractivity contribution < 1.29 is 4.52 Å². The Morgan fingerprint density at radius 1 is 1.28 bits per heavy atom. The summed E-state index contributed by atoms with van der Waals surface area (Å²) in [5, 5.41) is 7.48. The molecule has 8 nitrogen and oxygen atoms in total. The predicted molar refractivity (Wildman–Crippen MR) is 91.7 cm³/mol. The van der Waals surface area contributed by atoms with E-state index in [-0.39, 0.29) is 0 Å². The lowest BCUT2D eigenvalue weighted by atomic mass is 10.0. The summed E-state index contributed by atoms with van der Waals surface area (Å²) < 4.78 is 7.32. The Kier molecular flexibility index (Phi) is 4.19. The summed E-state index contributed by atoms with van der Waals surface area (Å²) in [5.74, 6) is 1.48.